The number of ether oxygens (including phenoxy) is 1. The largest absolute Gasteiger partial charge is 0.392 e. The maximum atomic E-state index is 10.3. The second-order valence-electron chi connectivity index (χ2n) is 7.56. The summed E-state index contributed by atoms with van der Waals surface area (Å²) in [6, 6.07) is 0. The third-order valence-corrected chi connectivity index (χ3v) is 6.54. The van der Waals surface area contributed by atoms with Crippen molar-refractivity contribution < 1.29 is 9.84 Å². The molecule has 0 aromatic carbocycles. The summed E-state index contributed by atoms with van der Waals surface area (Å²) in [6.07, 6.45) is 2.77. The van der Waals surface area contributed by atoms with Crippen molar-refractivity contribution in [1.29, 1.82) is 0 Å². The zero-order valence-electron chi connectivity index (χ0n) is 14.0. The quantitative estimate of drug-likeness (QED) is 0.925. The van der Waals surface area contributed by atoms with Gasteiger partial charge in [0.15, 0.2) is 0 Å². The van der Waals surface area contributed by atoms with Crippen molar-refractivity contribution in [2.24, 2.45) is 5.41 Å². The van der Waals surface area contributed by atoms with Crippen LogP contribution in [0.5, 0.6) is 0 Å². The van der Waals surface area contributed by atoms with Crippen LogP contribution in [0.1, 0.15) is 52.0 Å². The highest BCUT2D eigenvalue weighted by atomic mass is 32.1. The van der Waals surface area contributed by atoms with E-state index in [1.54, 1.807) is 11.3 Å². The van der Waals surface area contributed by atoms with Crippen LogP contribution in [0.4, 0.5) is 5.13 Å². The third kappa shape index (κ3) is 2.65. The van der Waals surface area contributed by atoms with Crippen molar-refractivity contribution in [3.05, 3.63) is 5.01 Å². The molecule has 22 heavy (non-hydrogen) atoms. The first-order chi connectivity index (χ1) is 10.4. The van der Waals surface area contributed by atoms with E-state index in [-0.39, 0.29) is 23.0 Å². The smallest absolute Gasteiger partial charge is 0.208 e. The Labute approximate surface area is 136 Å². The van der Waals surface area contributed by atoms with E-state index >= 15 is 0 Å². The van der Waals surface area contributed by atoms with Crippen LogP contribution in [0.25, 0.3) is 0 Å². The van der Waals surface area contributed by atoms with Gasteiger partial charge in [0, 0.05) is 36.9 Å². The van der Waals surface area contributed by atoms with Crippen molar-refractivity contribution in [1.82, 2.24) is 10.2 Å². The Bertz CT molecular complexity index is 516. The molecule has 1 spiro atoms. The van der Waals surface area contributed by atoms with Crippen molar-refractivity contribution >= 4 is 16.5 Å². The molecule has 6 heteroatoms. The molecule has 124 valence electrons. The molecular weight excluding hydrogens is 298 g/mol. The van der Waals surface area contributed by atoms with Crippen molar-refractivity contribution in [2.75, 3.05) is 24.6 Å². The van der Waals surface area contributed by atoms with Crippen LogP contribution in [0.3, 0.4) is 0 Å². The highest BCUT2D eigenvalue weighted by molar-refractivity contribution is 7.15. The zero-order valence-corrected chi connectivity index (χ0v) is 14.8. The molecule has 1 N–H and O–H groups in total. The number of piperidine rings is 1. The third-order valence-electron chi connectivity index (χ3n) is 5.13. The maximum absolute atomic E-state index is 10.3. The Kier molecular flexibility index (Phi) is 4.20. The van der Waals surface area contributed by atoms with Gasteiger partial charge in [-0.05, 0) is 19.8 Å². The van der Waals surface area contributed by atoms with Gasteiger partial charge in [0.25, 0.3) is 0 Å². The van der Waals surface area contributed by atoms with E-state index in [2.05, 4.69) is 35.9 Å². The second-order valence-corrected chi connectivity index (χ2v) is 8.51. The van der Waals surface area contributed by atoms with Gasteiger partial charge in [-0.25, -0.2) is 0 Å². The Morgan fingerprint density at radius 1 is 1.32 bits per heavy atom. The Morgan fingerprint density at radius 2 is 2.00 bits per heavy atom. The van der Waals surface area contributed by atoms with Crippen molar-refractivity contribution in [2.45, 2.75) is 64.6 Å². The van der Waals surface area contributed by atoms with Gasteiger partial charge >= 0.3 is 0 Å². The number of aromatic nitrogens is 2. The number of hydrogen-bond acceptors (Lipinski definition) is 6. The van der Waals surface area contributed by atoms with E-state index in [0.717, 1.165) is 49.1 Å². The van der Waals surface area contributed by atoms with E-state index in [4.69, 9.17) is 4.74 Å². The lowest BCUT2D eigenvalue weighted by atomic mass is 9.58. The number of nitrogens with zero attached hydrogens (tertiary/aromatic N) is 3. The normalized spacial score (nSPS) is 28.0. The van der Waals surface area contributed by atoms with Crippen LogP contribution in [0.2, 0.25) is 0 Å². The van der Waals surface area contributed by atoms with Gasteiger partial charge in [0.05, 0.1) is 12.2 Å². The van der Waals surface area contributed by atoms with Crippen LogP contribution in [-0.4, -0.2) is 47.2 Å². The number of hydrogen-bond donors (Lipinski definition) is 1. The van der Waals surface area contributed by atoms with E-state index < -0.39 is 0 Å². The van der Waals surface area contributed by atoms with E-state index in [9.17, 15) is 5.11 Å². The van der Waals surface area contributed by atoms with Gasteiger partial charge in [0.2, 0.25) is 5.13 Å². The summed E-state index contributed by atoms with van der Waals surface area (Å²) < 4.78 is 5.83. The fraction of sp³-hybridized carbons (Fsp3) is 0.875. The minimum Gasteiger partial charge on any atom is -0.392 e. The Morgan fingerprint density at radius 3 is 2.50 bits per heavy atom. The Balaban J connectivity index is 1.65. The molecule has 0 radical (unpaired) electrons. The fourth-order valence-corrected chi connectivity index (χ4v) is 4.53. The summed E-state index contributed by atoms with van der Waals surface area (Å²) in [5.41, 5.74) is 0.0290. The molecule has 1 aliphatic carbocycles. The standard InChI is InChI=1S/C16H27N3O2S/c1-5-21-12-10-11(20)16(12)6-8-19(9-7-16)14-18-17-13(22-14)15(2,3)4/h11-12,20H,5-10H2,1-4H3/t11-,12+/m0/s1. The second kappa shape index (κ2) is 5.73. The minimum absolute atomic E-state index is 0.0238. The molecular formula is C16H27N3O2S. The number of aliphatic hydroxyl groups excluding tert-OH is 1. The molecule has 3 rings (SSSR count). The molecule has 1 aromatic heterocycles. The summed E-state index contributed by atoms with van der Waals surface area (Å²) in [4.78, 5) is 2.31. The molecule has 1 aromatic rings. The summed E-state index contributed by atoms with van der Waals surface area (Å²) in [5, 5.41) is 21.1. The lowest BCUT2D eigenvalue weighted by molar-refractivity contribution is -0.199. The molecule has 0 bridgehead atoms. The molecule has 1 saturated heterocycles. The Hall–Kier alpha value is -0.720. The van der Waals surface area contributed by atoms with Crippen LogP contribution in [-0.2, 0) is 10.2 Å². The number of aliphatic hydroxyl groups is 1. The van der Waals surface area contributed by atoms with Crippen LogP contribution in [0.15, 0.2) is 0 Å². The van der Waals surface area contributed by atoms with Crippen LogP contribution >= 0.6 is 11.3 Å². The van der Waals surface area contributed by atoms with Gasteiger partial charge < -0.3 is 14.7 Å². The fourth-order valence-electron chi connectivity index (χ4n) is 3.58. The SMILES string of the molecule is CCO[C@@H]1C[C@H](O)C12CCN(c1nnc(C(C)(C)C)s1)CC2. The molecule has 2 atom stereocenters. The lowest BCUT2D eigenvalue weighted by Crippen LogP contribution is -2.62. The lowest BCUT2D eigenvalue weighted by Gasteiger charge is -2.56. The molecule has 0 unspecified atom stereocenters. The van der Waals surface area contributed by atoms with Gasteiger partial charge in [0.1, 0.15) is 5.01 Å². The zero-order chi connectivity index (χ0) is 16.0. The highest BCUT2D eigenvalue weighted by Crippen LogP contribution is 2.51. The predicted molar refractivity (Wildman–Crippen MR) is 88.5 cm³/mol. The van der Waals surface area contributed by atoms with Gasteiger partial charge in [-0.2, -0.15) is 0 Å². The van der Waals surface area contributed by atoms with Gasteiger partial charge in [-0.3, -0.25) is 0 Å². The number of rotatable bonds is 3. The topological polar surface area (TPSA) is 58.5 Å². The first-order valence-corrected chi connectivity index (χ1v) is 9.07. The monoisotopic (exact) mass is 325 g/mol. The summed E-state index contributed by atoms with van der Waals surface area (Å²) >= 11 is 1.69. The van der Waals surface area contributed by atoms with Crippen molar-refractivity contribution in [3.63, 3.8) is 0 Å². The highest BCUT2D eigenvalue weighted by Gasteiger charge is 2.56. The average Bonchev–Trinajstić information content (AvgIpc) is 2.97. The average molecular weight is 325 g/mol. The van der Waals surface area contributed by atoms with Crippen molar-refractivity contribution in [3.8, 4) is 0 Å². The molecule has 5 nitrogen and oxygen atoms in total. The number of anilines is 1. The molecule has 2 fully saturated rings. The first kappa shape index (κ1) is 16.1. The molecule has 2 aliphatic rings. The summed E-state index contributed by atoms with van der Waals surface area (Å²) in [7, 11) is 0. The van der Waals surface area contributed by atoms with Crippen LogP contribution in [0, 0.1) is 5.41 Å². The van der Waals surface area contributed by atoms with Crippen LogP contribution < -0.4 is 4.90 Å². The maximum Gasteiger partial charge on any atom is 0.208 e. The molecule has 2 heterocycles. The molecule has 1 aliphatic heterocycles. The first-order valence-electron chi connectivity index (χ1n) is 8.25. The van der Waals surface area contributed by atoms with E-state index in [1.807, 2.05) is 6.92 Å². The van der Waals surface area contributed by atoms with Gasteiger partial charge in [-0.15, -0.1) is 10.2 Å². The van der Waals surface area contributed by atoms with E-state index in [1.165, 1.54) is 0 Å². The minimum atomic E-state index is -0.203. The van der Waals surface area contributed by atoms with Gasteiger partial charge in [-0.1, -0.05) is 32.1 Å². The summed E-state index contributed by atoms with van der Waals surface area (Å²) in [5.74, 6) is 0. The molecule has 1 saturated carbocycles. The summed E-state index contributed by atoms with van der Waals surface area (Å²) in [6.45, 7) is 11.1. The molecule has 0 amide bonds. The predicted octanol–water partition coefficient (Wildman–Crippen LogP) is 2.59. The van der Waals surface area contributed by atoms with E-state index in [0.29, 0.717) is 0 Å².